The van der Waals surface area contributed by atoms with E-state index in [2.05, 4.69) is 10.7 Å². The van der Waals surface area contributed by atoms with Gasteiger partial charge < -0.3 is 9.94 Å². The number of carbonyl (C=O) groups excluding carboxylic acids is 1. The first-order valence-corrected chi connectivity index (χ1v) is 4.38. The fraction of sp³-hybridized carbons (Fsp3) is 0.500. The number of rotatable bonds is 4. The summed E-state index contributed by atoms with van der Waals surface area (Å²) in [4.78, 5) is 24.1. The summed E-state index contributed by atoms with van der Waals surface area (Å²) in [5, 5.41) is 5.98. The topological polar surface area (TPSA) is 144 Å². The van der Waals surface area contributed by atoms with E-state index in [1.807, 2.05) is 0 Å². The average molecular weight is 261 g/mol. The molecule has 0 heterocycles. The molecule has 1 unspecified atom stereocenters. The zero-order chi connectivity index (χ0) is 10.6. The van der Waals surface area contributed by atoms with E-state index < -0.39 is 33.7 Å². The van der Waals surface area contributed by atoms with Gasteiger partial charge in [0.2, 0.25) is 0 Å². The Labute approximate surface area is 130 Å². The van der Waals surface area contributed by atoms with Crippen molar-refractivity contribution in [3.05, 3.63) is 0 Å². The van der Waals surface area contributed by atoms with E-state index in [0.717, 1.165) is 0 Å². The van der Waals surface area contributed by atoms with Crippen molar-refractivity contribution in [1.29, 1.82) is 0 Å². The summed E-state index contributed by atoms with van der Waals surface area (Å²) in [7, 11) is -4.81. The van der Waals surface area contributed by atoms with Gasteiger partial charge in [0.05, 0.1) is 6.42 Å². The number of hydrogen-bond acceptors (Lipinski definition) is 6. The second-order valence-corrected chi connectivity index (χ2v) is 3.64. The van der Waals surface area contributed by atoms with Crippen LogP contribution in [-0.2, 0) is 24.5 Å². The molecule has 0 fully saturated rings. The Bertz CT molecular complexity index is 315. The molecule has 0 aliphatic rings. The number of hydrogen-bond donors (Lipinski definition) is 3. The summed E-state index contributed by atoms with van der Waals surface area (Å²) in [6.07, 6.45) is -1.10. The molecule has 0 radical (unpaired) electrons. The number of aliphatic carboxylic acids is 1. The van der Waals surface area contributed by atoms with Crippen molar-refractivity contribution < 1.29 is 32.5 Å². The maximum absolute atomic E-state index is 10.5. The predicted octanol–water partition coefficient (Wildman–Crippen LogP) is -3.16. The summed E-state index contributed by atoms with van der Waals surface area (Å²) in [6.45, 7) is 0. The SMILES string of the molecule is NOC(=O)C(CC(=O)O)S(=O)(=O)O.[NaH].[NaH]. The zero-order valence-corrected chi connectivity index (χ0v) is 7.02. The molecule has 8 nitrogen and oxygen atoms in total. The third-order valence-electron chi connectivity index (χ3n) is 1.10. The van der Waals surface area contributed by atoms with Crippen LogP contribution in [0, 0.1) is 0 Å². The van der Waals surface area contributed by atoms with Crippen LogP contribution >= 0.6 is 0 Å². The Morgan fingerprint density at radius 3 is 1.93 bits per heavy atom. The molecule has 0 saturated carbocycles. The maximum atomic E-state index is 10.5. The molecule has 0 aromatic rings. The summed E-state index contributed by atoms with van der Waals surface area (Å²) in [5.74, 6) is 1.23. The normalized spacial score (nSPS) is 11.6. The molecular weight excluding hydrogens is 252 g/mol. The molecule has 15 heavy (non-hydrogen) atoms. The summed E-state index contributed by atoms with van der Waals surface area (Å²) >= 11 is 0. The Morgan fingerprint density at radius 2 is 1.73 bits per heavy atom. The van der Waals surface area contributed by atoms with Crippen LogP contribution in [0.1, 0.15) is 6.42 Å². The van der Waals surface area contributed by atoms with Crippen molar-refractivity contribution in [2.24, 2.45) is 5.90 Å². The zero-order valence-electron chi connectivity index (χ0n) is 6.21. The molecule has 0 bridgehead atoms. The molecular formula is C4H9NNa2O7S. The van der Waals surface area contributed by atoms with Gasteiger partial charge in [-0.05, 0) is 0 Å². The van der Waals surface area contributed by atoms with Gasteiger partial charge >= 0.3 is 71.1 Å². The number of carboxylic acids is 1. The van der Waals surface area contributed by atoms with Gasteiger partial charge in [0, 0.05) is 0 Å². The van der Waals surface area contributed by atoms with Crippen LogP contribution < -0.4 is 5.90 Å². The Morgan fingerprint density at radius 1 is 1.33 bits per heavy atom. The van der Waals surface area contributed by atoms with Crippen LogP contribution in [0.5, 0.6) is 0 Å². The molecule has 0 aromatic heterocycles. The quantitative estimate of drug-likeness (QED) is 0.273. The van der Waals surface area contributed by atoms with E-state index in [-0.39, 0.29) is 59.1 Å². The van der Waals surface area contributed by atoms with Crippen molar-refractivity contribution in [1.82, 2.24) is 0 Å². The average Bonchev–Trinajstić information content (AvgIpc) is 1.96. The molecule has 80 valence electrons. The van der Waals surface area contributed by atoms with Crippen LogP contribution in [0.4, 0.5) is 0 Å². The first-order chi connectivity index (χ1) is 5.79. The standard InChI is InChI=1S/C4H7NO7S.2Na.2H/c5-12-4(8)2(1-3(6)7)13(9,10)11;;;;/h2H,1,5H2,(H,6,7)(H,9,10,11);;;;. The van der Waals surface area contributed by atoms with E-state index in [9.17, 15) is 18.0 Å². The molecule has 0 saturated heterocycles. The van der Waals surface area contributed by atoms with Crippen LogP contribution in [0.3, 0.4) is 0 Å². The van der Waals surface area contributed by atoms with Crippen molar-refractivity contribution in [3.63, 3.8) is 0 Å². The molecule has 0 aliphatic carbocycles. The Kier molecular flexibility index (Phi) is 12.5. The minimum absolute atomic E-state index is 0. The van der Waals surface area contributed by atoms with Gasteiger partial charge in [0.25, 0.3) is 10.1 Å². The number of carboxylic acid groups (broad SMARTS) is 1. The molecule has 11 heteroatoms. The van der Waals surface area contributed by atoms with Crippen LogP contribution in [0.25, 0.3) is 0 Å². The molecule has 0 aromatic carbocycles. The summed E-state index contributed by atoms with van der Waals surface area (Å²) in [5.41, 5.74) is 0. The second kappa shape index (κ2) is 8.90. The van der Waals surface area contributed by atoms with E-state index in [0.29, 0.717) is 0 Å². The van der Waals surface area contributed by atoms with Crippen LogP contribution in [0.15, 0.2) is 0 Å². The number of nitrogens with two attached hydrogens (primary N) is 1. The first kappa shape index (κ1) is 21.1. The van der Waals surface area contributed by atoms with E-state index in [4.69, 9.17) is 9.66 Å². The number of carbonyl (C=O) groups is 2. The monoisotopic (exact) mass is 261 g/mol. The first-order valence-electron chi connectivity index (χ1n) is 2.87. The van der Waals surface area contributed by atoms with Gasteiger partial charge in [0.15, 0.2) is 5.25 Å². The van der Waals surface area contributed by atoms with Gasteiger partial charge in [-0.15, -0.1) is 0 Å². The molecule has 4 N–H and O–H groups in total. The van der Waals surface area contributed by atoms with Gasteiger partial charge in [-0.25, -0.2) is 4.79 Å². The van der Waals surface area contributed by atoms with Crippen molar-refractivity contribution in [3.8, 4) is 0 Å². The van der Waals surface area contributed by atoms with Gasteiger partial charge in [-0.3, -0.25) is 9.35 Å². The third kappa shape index (κ3) is 8.60. The molecule has 0 rings (SSSR count). The molecule has 0 amide bonds. The minimum atomic E-state index is -4.81. The molecule has 1 atom stereocenters. The van der Waals surface area contributed by atoms with Gasteiger partial charge in [-0.1, -0.05) is 0 Å². The van der Waals surface area contributed by atoms with Crippen molar-refractivity contribution >= 4 is 81.2 Å². The van der Waals surface area contributed by atoms with E-state index >= 15 is 0 Å². The van der Waals surface area contributed by atoms with Crippen molar-refractivity contribution in [2.45, 2.75) is 11.7 Å². The second-order valence-electron chi connectivity index (χ2n) is 2.04. The predicted molar refractivity (Wildman–Crippen MR) is 52.2 cm³/mol. The fourth-order valence-electron chi connectivity index (χ4n) is 0.545. The van der Waals surface area contributed by atoms with Crippen LogP contribution in [-0.4, -0.2) is 94.4 Å². The third-order valence-corrected chi connectivity index (χ3v) is 2.18. The van der Waals surface area contributed by atoms with E-state index in [1.54, 1.807) is 0 Å². The van der Waals surface area contributed by atoms with Crippen LogP contribution in [0.2, 0.25) is 0 Å². The summed E-state index contributed by atoms with van der Waals surface area (Å²) < 4.78 is 29.2. The van der Waals surface area contributed by atoms with Gasteiger partial charge in [0.1, 0.15) is 0 Å². The van der Waals surface area contributed by atoms with E-state index in [1.165, 1.54) is 0 Å². The molecule has 0 aliphatic heterocycles. The summed E-state index contributed by atoms with van der Waals surface area (Å²) in [6, 6.07) is 0. The van der Waals surface area contributed by atoms with Crippen molar-refractivity contribution in [2.75, 3.05) is 0 Å². The Balaban J connectivity index is -0.000000720. The fourth-order valence-corrected chi connectivity index (χ4v) is 1.20. The Hall–Kier alpha value is 0.810. The van der Waals surface area contributed by atoms with Gasteiger partial charge in [-0.2, -0.15) is 14.3 Å². The molecule has 0 spiro atoms.